The summed E-state index contributed by atoms with van der Waals surface area (Å²) in [6.07, 6.45) is -0.519. The molecule has 0 fully saturated rings. The van der Waals surface area contributed by atoms with Gasteiger partial charge in [0.2, 0.25) is 0 Å². The Morgan fingerprint density at radius 3 is 2.05 bits per heavy atom. The van der Waals surface area contributed by atoms with E-state index >= 15 is 0 Å². The minimum atomic E-state index is -3.66. The Labute approximate surface area is 125 Å². The fourth-order valence-corrected chi connectivity index (χ4v) is 3.55. The summed E-state index contributed by atoms with van der Waals surface area (Å²) >= 11 is 0. The van der Waals surface area contributed by atoms with Crippen molar-refractivity contribution in [3.8, 4) is 5.75 Å². The van der Waals surface area contributed by atoms with Crippen LogP contribution < -0.4 is 4.52 Å². The minimum Gasteiger partial charge on any atom is -0.403 e. The lowest BCUT2D eigenvalue weighted by Gasteiger charge is -2.22. The molecular formula is C16H21O4P. The van der Waals surface area contributed by atoms with Crippen LogP contribution in [0.3, 0.4) is 0 Å². The van der Waals surface area contributed by atoms with Crippen molar-refractivity contribution >= 4 is 18.6 Å². The molecule has 0 spiro atoms. The van der Waals surface area contributed by atoms with Crippen molar-refractivity contribution in [1.82, 2.24) is 0 Å². The molecule has 0 heterocycles. The Morgan fingerprint density at radius 1 is 0.857 bits per heavy atom. The SMILES string of the molecule is CC(C)OP(=O)(Oc1cccc2ccccc12)OC(C)C. The predicted molar refractivity (Wildman–Crippen MR) is 84.6 cm³/mol. The maximum atomic E-state index is 12.8. The highest BCUT2D eigenvalue weighted by Gasteiger charge is 2.32. The first-order valence-electron chi connectivity index (χ1n) is 7.04. The smallest absolute Gasteiger partial charge is 0.403 e. The molecule has 0 saturated heterocycles. The second-order valence-electron chi connectivity index (χ2n) is 5.32. The van der Waals surface area contributed by atoms with Gasteiger partial charge in [-0.15, -0.1) is 0 Å². The summed E-state index contributed by atoms with van der Waals surface area (Å²) in [6.45, 7) is 7.18. The number of fused-ring (bicyclic) bond motifs is 1. The molecule has 114 valence electrons. The Morgan fingerprint density at radius 2 is 1.43 bits per heavy atom. The zero-order chi connectivity index (χ0) is 15.5. The Kier molecular flexibility index (Phi) is 5.04. The van der Waals surface area contributed by atoms with Gasteiger partial charge in [-0.25, -0.2) is 4.57 Å². The largest absolute Gasteiger partial charge is 0.530 e. The van der Waals surface area contributed by atoms with Gasteiger partial charge in [0.1, 0.15) is 5.75 Å². The van der Waals surface area contributed by atoms with Gasteiger partial charge in [0, 0.05) is 5.39 Å². The van der Waals surface area contributed by atoms with Crippen molar-refractivity contribution in [3.63, 3.8) is 0 Å². The van der Waals surface area contributed by atoms with Gasteiger partial charge in [0.15, 0.2) is 0 Å². The van der Waals surface area contributed by atoms with Gasteiger partial charge in [-0.3, -0.25) is 9.05 Å². The van der Waals surface area contributed by atoms with Crippen LogP contribution in [0.4, 0.5) is 0 Å². The van der Waals surface area contributed by atoms with Crippen molar-refractivity contribution < 1.29 is 18.1 Å². The highest BCUT2D eigenvalue weighted by molar-refractivity contribution is 7.49. The van der Waals surface area contributed by atoms with Gasteiger partial charge in [0.25, 0.3) is 0 Å². The zero-order valence-corrected chi connectivity index (χ0v) is 13.7. The van der Waals surface area contributed by atoms with E-state index < -0.39 is 7.82 Å². The molecule has 0 aliphatic heterocycles. The van der Waals surface area contributed by atoms with Crippen LogP contribution in [0.15, 0.2) is 42.5 Å². The molecular weight excluding hydrogens is 287 g/mol. The van der Waals surface area contributed by atoms with Crippen LogP contribution in [0.2, 0.25) is 0 Å². The molecule has 0 unspecified atom stereocenters. The third kappa shape index (κ3) is 4.31. The van der Waals surface area contributed by atoms with Crippen LogP contribution in [0, 0.1) is 0 Å². The molecule has 0 saturated carbocycles. The maximum Gasteiger partial charge on any atom is 0.530 e. The van der Waals surface area contributed by atoms with E-state index in [0.717, 1.165) is 10.8 Å². The Balaban J connectivity index is 2.36. The highest BCUT2D eigenvalue weighted by Crippen LogP contribution is 2.52. The van der Waals surface area contributed by atoms with E-state index in [9.17, 15) is 4.57 Å². The van der Waals surface area contributed by atoms with Crippen molar-refractivity contribution in [3.05, 3.63) is 42.5 Å². The van der Waals surface area contributed by atoms with Crippen LogP contribution in [0.5, 0.6) is 5.75 Å². The molecule has 21 heavy (non-hydrogen) atoms. The summed E-state index contributed by atoms with van der Waals surface area (Å²) < 4.78 is 29.3. The molecule has 0 radical (unpaired) electrons. The number of rotatable bonds is 6. The predicted octanol–water partition coefficient (Wildman–Crippen LogP) is 5.18. The molecule has 0 amide bonds. The van der Waals surface area contributed by atoms with E-state index in [-0.39, 0.29) is 12.2 Å². The molecule has 0 atom stereocenters. The number of benzene rings is 2. The molecule has 0 aliphatic carbocycles. The Hall–Kier alpha value is -1.35. The average Bonchev–Trinajstić information content (AvgIpc) is 2.36. The first-order valence-corrected chi connectivity index (χ1v) is 8.50. The van der Waals surface area contributed by atoms with Crippen molar-refractivity contribution in [1.29, 1.82) is 0 Å². The molecule has 0 N–H and O–H groups in total. The fourth-order valence-electron chi connectivity index (χ4n) is 1.98. The summed E-state index contributed by atoms with van der Waals surface area (Å²) in [7, 11) is -3.66. The first-order chi connectivity index (χ1) is 9.89. The first kappa shape index (κ1) is 16.0. The van der Waals surface area contributed by atoms with Gasteiger partial charge < -0.3 is 4.52 Å². The van der Waals surface area contributed by atoms with E-state index in [0.29, 0.717) is 5.75 Å². The van der Waals surface area contributed by atoms with Crippen molar-refractivity contribution in [2.75, 3.05) is 0 Å². The summed E-state index contributed by atoms with van der Waals surface area (Å²) in [5.41, 5.74) is 0. The third-order valence-corrected chi connectivity index (χ3v) is 4.42. The van der Waals surface area contributed by atoms with Gasteiger partial charge in [0.05, 0.1) is 12.2 Å². The quantitative estimate of drug-likeness (QED) is 0.690. The number of hydrogen-bond acceptors (Lipinski definition) is 4. The number of hydrogen-bond donors (Lipinski definition) is 0. The van der Waals surface area contributed by atoms with Gasteiger partial charge >= 0.3 is 7.82 Å². The monoisotopic (exact) mass is 308 g/mol. The standard InChI is InChI=1S/C16H21O4P/c1-12(2)18-21(17,19-13(3)4)20-16-11-7-9-14-8-5-6-10-15(14)16/h5-13H,1-4H3. The normalized spacial score (nSPS) is 12.3. The lowest BCUT2D eigenvalue weighted by molar-refractivity contribution is 0.104. The van der Waals surface area contributed by atoms with E-state index in [2.05, 4.69) is 0 Å². The lowest BCUT2D eigenvalue weighted by atomic mass is 10.1. The Bertz CT molecular complexity index is 632. The lowest BCUT2D eigenvalue weighted by Crippen LogP contribution is -2.11. The van der Waals surface area contributed by atoms with Gasteiger partial charge in [-0.1, -0.05) is 36.4 Å². The highest BCUT2D eigenvalue weighted by atomic mass is 31.2. The van der Waals surface area contributed by atoms with E-state index in [4.69, 9.17) is 13.6 Å². The summed E-state index contributed by atoms with van der Waals surface area (Å²) in [4.78, 5) is 0. The van der Waals surface area contributed by atoms with E-state index in [1.807, 2.05) is 36.4 Å². The van der Waals surface area contributed by atoms with Gasteiger partial charge in [-0.2, -0.15) is 0 Å². The molecule has 2 aromatic rings. The third-order valence-electron chi connectivity index (χ3n) is 2.64. The van der Waals surface area contributed by atoms with Crippen LogP contribution in [0.25, 0.3) is 10.8 Å². The summed E-state index contributed by atoms with van der Waals surface area (Å²) in [5, 5.41) is 1.88. The van der Waals surface area contributed by atoms with Gasteiger partial charge in [-0.05, 0) is 39.1 Å². The maximum absolute atomic E-state index is 12.8. The fraction of sp³-hybridized carbons (Fsp3) is 0.375. The van der Waals surface area contributed by atoms with Crippen LogP contribution >= 0.6 is 7.82 Å². The second-order valence-corrected chi connectivity index (χ2v) is 6.82. The van der Waals surface area contributed by atoms with E-state index in [1.54, 1.807) is 33.8 Å². The molecule has 5 heteroatoms. The van der Waals surface area contributed by atoms with Crippen LogP contribution in [-0.4, -0.2) is 12.2 Å². The van der Waals surface area contributed by atoms with Crippen molar-refractivity contribution in [2.45, 2.75) is 39.9 Å². The molecule has 0 aliphatic rings. The van der Waals surface area contributed by atoms with Crippen molar-refractivity contribution in [2.24, 2.45) is 0 Å². The molecule has 0 aromatic heterocycles. The second kappa shape index (κ2) is 6.61. The molecule has 4 nitrogen and oxygen atoms in total. The van der Waals surface area contributed by atoms with Crippen LogP contribution in [-0.2, 0) is 13.6 Å². The summed E-state index contributed by atoms with van der Waals surface area (Å²) in [6, 6.07) is 13.3. The van der Waals surface area contributed by atoms with Crippen LogP contribution in [0.1, 0.15) is 27.7 Å². The number of phosphoric ester groups is 1. The molecule has 2 rings (SSSR count). The molecule has 0 bridgehead atoms. The zero-order valence-electron chi connectivity index (χ0n) is 12.8. The average molecular weight is 308 g/mol. The summed E-state index contributed by atoms with van der Waals surface area (Å²) in [5.74, 6) is 0.498. The molecule has 2 aromatic carbocycles. The van der Waals surface area contributed by atoms with E-state index in [1.165, 1.54) is 0 Å². The topological polar surface area (TPSA) is 44.8 Å². The minimum absolute atomic E-state index is 0.260. The number of phosphoric acid groups is 1.